The first-order valence-electron chi connectivity index (χ1n) is 9.05. The summed E-state index contributed by atoms with van der Waals surface area (Å²) in [5, 5.41) is 3.69. The number of carbonyl (C=O) groups is 1. The summed E-state index contributed by atoms with van der Waals surface area (Å²) in [4.78, 5) is 16.8. The van der Waals surface area contributed by atoms with Gasteiger partial charge in [0.15, 0.2) is 0 Å². The zero-order valence-electron chi connectivity index (χ0n) is 13.7. The third-order valence-electron chi connectivity index (χ3n) is 5.67. The summed E-state index contributed by atoms with van der Waals surface area (Å²) in [6.45, 7) is 1.84. The van der Waals surface area contributed by atoms with Crippen molar-refractivity contribution in [3.8, 4) is 0 Å². The largest absolute Gasteiger partial charge is 0.340 e. The van der Waals surface area contributed by atoms with E-state index in [9.17, 15) is 4.79 Å². The molecular weight excluding hydrogens is 304 g/mol. The Morgan fingerprint density at radius 3 is 2.61 bits per heavy atom. The molecule has 1 aromatic rings. The molecule has 23 heavy (non-hydrogen) atoms. The molecule has 124 valence electrons. The van der Waals surface area contributed by atoms with E-state index in [2.05, 4.69) is 34.5 Å². The van der Waals surface area contributed by atoms with Gasteiger partial charge in [0.1, 0.15) is 0 Å². The van der Waals surface area contributed by atoms with Crippen LogP contribution in [0.15, 0.2) is 35.2 Å². The van der Waals surface area contributed by atoms with Crippen molar-refractivity contribution in [3.05, 3.63) is 30.3 Å². The van der Waals surface area contributed by atoms with Gasteiger partial charge in [0.2, 0.25) is 5.91 Å². The highest BCUT2D eigenvalue weighted by Gasteiger charge is 2.45. The van der Waals surface area contributed by atoms with Crippen molar-refractivity contribution >= 4 is 17.7 Å². The van der Waals surface area contributed by atoms with E-state index in [0.717, 1.165) is 32.4 Å². The van der Waals surface area contributed by atoms with Crippen LogP contribution in [0, 0.1) is 0 Å². The third kappa shape index (κ3) is 3.16. The molecule has 0 aromatic heterocycles. The summed E-state index contributed by atoms with van der Waals surface area (Å²) in [6, 6.07) is 11.6. The van der Waals surface area contributed by atoms with Crippen molar-refractivity contribution in [2.24, 2.45) is 0 Å². The van der Waals surface area contributed by atoms with Crippen molar-refractivity contribution < 1.29 is 4.79 Å². The highest BCUT2D eigenvalue weighted by atomic mass is 32.2. The van der Waals surface area contributed by atoms with Crippen molar-refractivity contribution in [2.75, 3.05) is 13.1 Å². The summed E-state index contributed by atoms with van der Waals surface area (Å²) in [7, 11) is 0. The van der Waals surface area contributed by atoms with Crippen molar-refractivity contribution in [1.82, 2.24) is 10.2 Å². The Morgan fingerprint density at radius 1 is 1.09 bits per heavy atom. The molecule has 1 aliphatic carbocycles. The van der Waals surface area contributed by atoms with Gasteiger partial charge in [0.05, 0.1) is 4.75 Å². The van der Waals surface area contributed by atoms with Gasteiger partial charge in [0.25, 0.3) is 0 Å². The van der Waals surface area contributed by atoms with Gasteiger partial charge in [-0.1, -0.05) is 31.0 Å². The van der Waals surface area contributed by atoms with Gasteiger partial charge in [-0.2, -0.15) is 0 Å². The van der Waals surface area contributed by atoms with E-state index in [0.29, 0.717) is 18.0 Å². The summed E-state index contributed by atoms with van der Waals surface area (Å²) in [5.74, 6) is 0.401. The van der Waals surface area contributed by atoms with Gasteiger partial charge in [0, 0.05) is 30.1 Å². The molecule has 1 amide bonds. The normalized spacial score (nSPS) is 29.5. The number of fused-ring (bicyclic) bond motifs is 2. The second-order valence-electron chi connectivity index (χ2n) is 7.29. The summed E-state index contributed by atoms with van der Waals surface area (Å²) in [5.41, 5.74) is 0. The number of thioether (sulfide) groups is 1. The Kier molecular flexibility index (Phi) is 4.37. The molecule has 2 aliphatic heterocycles. The molecule has 1 saturated carbocycles. The highest BCUT2D eigenvalue weighted by molar-refractivity contribution is 8.01. The molecule has 1 N–H and O–H groups in total. The third-order valence-corrected chi connectivity index (χ3v) is 7.15. The zero-order chi connectivity index (χ0) is 15.7. The molecule has 0 radical (unpaired) electrons. The fraction of sp³-hybridized carbons (Fsp3) is 0.632. The number of rotatable bonds is 3. The average Bonchev–Trinajstić information content (AvgIpc) is 3.15. The monoisotopic (exact) mass is 330 g/mol. The molecule has 4 heteroatoms. The Balaban J connectivity index is 1.53. The van der Waals surface area contributed by atoms with Crippen LogP contribution >= 0.6 is 11.8 Å². The minimum Gasteiger partial charge on any atom is -0.340 e. The highest BCUT2D eigenvalue weighted by Crippen LogP contribution is 2.46. The maximum Gasteiger partial charge on any atom is 0.239 e. The van der Waals surface area contributed by atoms with Crippen molar-refractivity contribution in [2.45, 2.75) is 66.7 Å². The minimum absolute atomic E-state index is 0.217. The van der Waals surface area contributed by atoms with Gasteiger partial charge in [-0.15, -0.1) is 11.8 Å². The molecule has 1 aromatic carbocycles. The molecule has 2 atom stereocenters. The van der Waals surface area contributed by atoms with Crippen molar-refractivity contribution in [3.63, 3.8) is 0 Å². The van der Waals surface area contributed by atoms with E-state index in [1.807, 2.05) is 17.8 Å². The molecular formula is C19H26N2OS. The van der Waals surface area contributed by atoms with Gasteiger partial charge in [-0.05, 0) is 44.2 Å². The predicted molar refractivity (Wildman–Crippen MR) is 94.6 cm³/mol. The SMILES string of the molecule is O=C(N1CCC2CCC(C1)N2)C1(Sc2ccccc2)CCCC1. The minimum atomic E-state index is -0.217. The molecule has 2 bridgehead atoms. The van der Waals surface area contributed by atoms with Crippen molar-refractivity contribution in [1.29, 1.82) is 0 Å². The number of amides is 1. The number of likely N-dealkylation sites (tertiary alicyclic amines) is 1. The second-order valence-corrected chi connectivity index (χ2v) is 8.75. The van der Waals surface area contributed by atoms with Crippen LogP contribution in [0.5, 0.6) is 0 Å². The van der Waals surface area contributed by atoms with Gasteiger partial charge in [-0.25, -0.2) is 0 Å². The first-order chi connectivity index (χ1) is 11.3. The number of hydrogen-bond acceptors (Lipinski definition) is 3. The number of nitrogens with zero attached hydrogens (tertiary/aromatic N) is 1. The standard InChI is InChI=1S/C19H26N2OS/c22-18(21-13-10-15-8-9-16(14-21)20-15)19(11-4-5-12-19)23-17-6-2-1-3-7-17/h1-3,6-7,15-16,20H,4-5,8-14H2. The van der Waals surface area contributed by atoms with Crippen LogP contribution in [0.3, 0.4) is 0 Å². The van der Waals surface area contributed by atoms with Crippen LogP contribution < -0.4 is 5.32 Å². The fourth-order valence-electron chi connectivity index (χ4n) is 4.44. The number of nitrogens with one attached hydrogen (secondary N) is 1. The van der Waals surface area contributed by atoms with E-state index in [1.165, 1.54) is 30.6 Å². The lowest BCUT2D eigenvalue weighted by atomic mass is 10.0. The average molecular weight is 330 g/mol. The quantitative estimate of drug-likeness (QED) is 0.921. The van der Waals surface area contributed by atoms with Crippen LogP contribution in [-0.2, 0) is 4.79 Å². The first-order valence-corrected chi connectivity index (χ1v) is 9.86. The predicted octanol–water partition coefficient (Wildman–Crippen LogP) is 3.44. The molecule has 2 saturated heterocycles. The Bertz CT molecular complexity index is 556. The molecule has 2 unspecified atom stereocenters. The zero-order valence-corrected chi connectivity index (χ0v) is 14.5. The maximum absolute atomic E-state index is 13.4. The number of hydrogen-bond donors (Lipinski definition) is 1. The van der Waals surface area contributed by atoms with Crippen LogP contribution in [0.25, 0.3) is 0 Å². The Morgan fingerprint density at radius 2 is 1.83 bits per heavy atom. The van der Waals surface area contributed by atoms with E-state index in [-0.39, 0.29) is 4.75 Å². The Labute approximate surface area is 143 Å². The van der Waals surface area contributed by atoms with E-state index >= 15 is 0 Å². The molecule has 2 heterocycles. The lowest BCUT2D eigenvalue weighted by Gasteiger charge is -2.35. The maximum atomic E-state index is 13.4. The second kappa shape index (κ2) is 6.48. The van der Waals surface area contributed by atoms with Crippen LogP contribution in [-0.4, -0.2) is 40.7 Å². The van der Waals surface area contributed by atoms with Crippen LogP contribution in [0.4, 0.5) is 0 Å². The molecule has 3 aliphatic rings. The summed E-state index contributed by atoms with van der Waals surface area (Å²) in [6.07, 6.45) is 8.07. The van der Waals surface area contributed by atoms with Crippen LogP contribution in [0.2, 0.25) is 0 Å². The molecule has 3 fully saturated rings. The smallest absolute Gasteiger partial charge is 0.239 e. The van der Waals surface area contributed by atoms with E-state index in [4.69, 9.17) is 0 Å². The Hall–Kier alpha value is -1.00. The summed E-state index contributed by atoms with van der Waals surface area (Å²) < 4.78 is -0.217. The molecule has 0 spiro atoms. The number of carbonyl (C=O) groups excluding carboxylic acids is 1. The van der Waals surface area contributed by atoms with E-state index in [1.54, 1.807) is 0 Å². The van der Waals surface area contributed by atoms with Gasteiger partial charge in [-0.3, -0.25) is 4.79 Å². The molecule has 4 rings (SSSR count). The number of benzene rings is 1. The topological polar surface area (TPSA) is 32.3 Å². The summed E-state index contributed by atoms with van der Waals surface area (Å²) >= 11 is 1.82. The van der Waals surface area contributed by atoms with Gasteiger partial charge >= 0.3 is 0 Å². The fourth-order valence-corrected chi connectivity index (χ4v) is 5.89. The van der Waals surface area contributed by atoms with Gasteiger partial charge < -0.3 is 10.2 Å². The first kappa shape index (κ1) is 15.5. The molecule has 3 nitrogen and oxygen atoms in total. The lowest BCUT2D eigenvalue weighted by Crippen LogP contribution is -2.48. The lowest BCUT2D eigenvalue weighted by molar-refractivity contribution is -0.133. The van der Waals surface area contributed by atoms with E-state index < -0.39 is 0 Å². The van der Waals surface area contributed by atoms with Crippen LogP contribution in [0.1, 0.15) is 44.9 Å².